The molecular formula is C30H28ClN3OS. The minimum atomic E-state index is -0.115. The molecular weight excluding hydrogens is 486 g/mol. The predicted octanol–water partition coefficient (Wildman–Crippen LogP) is 7.13. The number of nitrogens with zero attached hydrogens (tertiary/aromatic N) is 3. The van der Waals surface area contributed by atoms with Crippen LogP contribution in [0.3, 0.4) is 0 Å². The van der Waals surface area contributed by atoms with E-state index in [2.05, 4.69) is 54.9 Å². The number of amides is 1. The summed E-state index contributed by atoms with van der Waals surface area (Å²) in [6.45, 7) is 6.99. The second kappa shape index (κ2) is 9.57. The summed E-state index contributed by atoms with van der Waals surface area (Å²) in [4.78, 5) is 17.1. The summed E-state index contributed by atoms with van der Waals surface area (Å²) in [7, 11) is 1.86. The van der Waals surface area contributed by atoms with Crippen molar-refractivity contribution in [1.29, 1.82) is 0 Å². The molecule has 1 amide bonds. The molecule has 6 heteroatoms. The largest absolute Gasteiger partial charge is 0.342 e. The van der Waals surface area contributed by atoms with Gasteiger partial charge in [0.1, 0.15) is 5.70 Å². The Balaban J connectivity index is 1.59. The SMILES string of the molecule is CCc1cccc2c(/C=C3/C(=O)N(c4ccc(C)c(C)c4)C(=S)N3C)cn(Cc3ccc(Cl)cc3)c12. The Morgan fingerprint density at radius 1 is 1.00 bits per heavy atom. The van der Waals surface area contributed by atoms with Crippen LogP contribution < -0.4 is 4.90 Å². The van der Waals surface area contributed by atoms with Crippen LogP contribution in [-0.4, -0.2) is 27.5 Å². The second-order valence-corrected chi connectivity index (χ2v) is 10.1. The number of aryl methyl sites for hydroxylation is 3. The van der Waals surface area contributed by atoms with Gasteiger partial charge in [-0.25, -0.2) is 0 Å². The van der Waals surface area contributed by atoms with E-state index in [1.807, 2.05) is 50.4 Å². The molecule has 0 aliphatic carbocycles. The van der Waals surface area contributed by atoms with Crippen molar-refractivity contribution >= 4 is 57.5 Å². The fraction of sp³-hybridized carbons (Fsp3) is 0.200. The first-order valence-corrected chi connectivity index (χ1v) is 12.8. The molecule has 5 rings (SSSR count). The molecule has 1 aliphatic rings. The Morgan fingerprint density at radius 3 is 2.44 bits per heavy atom. The molecule has 4 nitrogen and oxygen atoms in total. The lowest BCUT2D eigenvalue weighted by molar-refractivity contribution is -0.114. The van der Waals surface area contributed by atoms with Crippen molar-refractivity contribution in [3.8, 4) is 0 Å². The van der Waals surface area contributed by atoms with Crippen molar-refractivity contribution in [2.75, 3.05) is 11.9 Å². The third kappa shape index (κ3) is 4.23. The molecule has 4 aromatic rings. The Labute approximate surface area is 222 Å². The fourth-order valence-corrected chi connectivity index (χ4v) is 5.19. The van der Waals surface area contributed by atoms with E-state index >= 15 is 0 Å². The first kappa shape index (κ1) is 24.3. The van der Waals surface area contributed by atoms with Gasteiger partial charge in [-0.05, 0) is 85.1 Å². The van der Waals surface area contributed by atoms with Crippen molar-refractivity contribution in [3.05, 3.63) is 105 Å². The lowest BCUT2D eigenvalue weighted by atomic mass is 10.1. The molecule has 182 valence electrons. The number of hydrogen-bond donors (Lipinski definition) is 0. The van der Waals surface area contributed by atoms with Crippen LogP contribution in [0.25, 0.3) is 17.0 Å². The van der Waals surface area contributed by atoms with E-state index in [1.165, 1.54) is 16.6 Å². The van der Waals surface area contributed by atoms with Crippen molar-refractivity contribution in [2.24, 2.45) is 0 Å². The molecule has 1 fully saturated rings. The number of carbonyl (C=O) groups excluding carboxylic acids is 1. The Hall–Kier alpha value is -3.41. The summed E-state index contributed by atoms with van der Waals surface area (Å²) in [5.74, 6) is -0.115. The highest BCUT2D eigenvalue weighted by Crippen LogP contribution is 2.32. The molecule has 1 aliphatic heterocycles. The van der Waals surface area contributed by atoms with Gasteiger partial charge in [0.2, 0.25) is 0 Å². The normalized spacial score (nSPS) is 15.1. The monoisotopic (exact) mass is 513 g/mol. The standard InChI is InChI=1S/C30H28ClN3OS/c1-5-22-7-6-8-26-23(18-33(28(22)26)17-21-10-12-24(31)13-11-21)16-27-29(35)34(30(36)32(27)4)25-14-9-19(2)20(3)15-25/h6-16,18H,5,17H2,1-4H3/b27-16-. The smallest absolute Gasteiger partial charge is 0.281 e. The van der Waals surface area contributed by atoms with E-state index in [9.17, 15) is 4.79 Å². The lowest BCUT2D eigenvalue weighted by Gasteiger charge is -2.17. The van der Waals surface area contributed by atoms with E-state index in [-0.39, 0.29) is 5.91 Å². The zero-order chi connectivity index (χ0) is 25.6. The molecule has 0 unspecified atom stereocenters. The van der Waals surface area contributed by atoms with Gasteiger partial charge in [0.25, 0.3) is 5.91 Å². The van der Waals surface area contributed by atoms with Crippen LogP contribution in [0.1, 0.15) is 34.7 Å². The summed E-state index contributed by atoms with van der Waals surface area (Å²) in [6.07, 6.45) is 5.02. The molecule has 0 atom stereocenters. The molecule has 2 heterocycles. The summed E-state index contributed by atoms with van der Waals surface area (Å²) in [5.41, 5.74) is 8.27. The highest BCUT2D eigenvalue weighted by molar-refractivity contribution is 7.80. The van der Waals surface area contributed by atoms with E-state index in [0.717, 1.165) is 39.2 Å². The minimum Gasteiger partial charge on any atom is -0.342 e. The Kier molecular flexibility index (Phi) is 6.45. The summed E-state index contributed by atoms with van der Waals surface area (Å²) in [6, 6.07) is 20.3. The van der Waals surface area contributed by atoms with Crippen LogP contribution in [0.4, 0.5) is 5.69 Å². The first-order valence-electron chi connectivity index (χ1n) is 12.0. The third-order valence-electron chi connectivity index (χ3n) is 6.96. The number of rotatable bonds is 5. The summed E-state index contributed by atoms with van der Waals surface area (Å²) in [5, 5.41) is 2.32. The van der Waals surface area contributed by atoms with Crippen LogP contribution in [0.2, 0.25) is 5.02 Å². The number of aromatic nitrogens is 1. The number of para-hydroxylation sites is 1. The van der Waals surface area contributed by atoms with Gasteiger partial charge >= 0.3 is 0 Å². The number of hydrogen-bond acceptors (Lipinski definition) is 2. The maximum absolute atomic E-state index is 13.6. The number of anilines is 1. The van der Waals surface area contributed by atoms with Gasteiger partial charge in [0.15, 0.2) is 5.11 Å². The lowest BCUT2D eigenvalue weighted by Crippen LogP contribution is -2.31. The molecule has 0 bridgehead atoms. The zero-order valence-corrected chi connectivity index (χ0v) is 22.5. The fourth-order valence-electron chi connectivity index (χ4n) is 4.77. The van der Waals surface area contributed by atoms with Crippen molar-refractivity contribution < 1.29 is 4.79 Å². The van der Waals surface area contributed by atoms with Gasteiger partial charge in [-0.1, -0.05) is 54.9 Å². The molecule has 0 saturated carbocycles. The highest BCUT2D eigenvalue weighted by Gasteiger charge is 2.37. The van der Waals surface area contributed by atoms with E-state index < -0.39 is 0 Å². The van der Waals surface area contributed by atoms with Gasteiger partial charge in [-0.2, -0.15) is 0 Å². The van der Waals surface area contributed by atoms with Gasteiger partial charge in [0, 0.05) is 35.8 Å². The van der Waals surface area contributed by atoms with Crippen LogP contribution in [0, 0.1) is 13.8 Å². The number of benzene rings is 3. The van der Waals surface area contributed by atoms with Crippen molar-refractivity contribution in [1.82, 2.24) is 9.47 Å². The summed E-state index contributed by atoms with van der Waals surface area (Å²) < 4.78 is 2.27. The highest BCUT2D eigenvalue weighted by atomic mass is 35.5. The first-order chi connectivity index (χ1) is 17.3. The molecule has 1 aromatic heterocycles. The van der Waals surface area contributed by atoms with Crippen LogP contribution >= 0.6 is 23.8 Å². The maximum atomic E-state index is 13.6. The average molecular weight is 514 g/mol. The quantitative estimate of drug-likeness (QED) is 0.210. The molecule has 3 aromatic carbocycles. The van der Waals surface area contributed by atoms with Gasteiger partial charge in [-0.15, -0.1) is 0 Å². The zero-order valence-electron chi connectivity index (χ0n) is 20.9. The van der Waals surface area contributed by atoms with E-state index in [1.54, 1.807) is 9.80 Å². The molecule has 0 radical (unpaired) electrons. The molecule has 0 N–H and O–H groups in total. The van der Waals surface area contributed by atoms with Crippen LogP contribution in [0.5, 0.6) is 0 Å². The van der Waals surface area contributed by atoms with Crippen molar-refractivity contribution in [2.45, 2.75) is 33.7 Å². The number of carbonyl (C=O) groups is 1. The average Bonchev–Trinajstić information content (AvgIpc) is 3.32. The van der Waals surface area contributed by atoms with Gasteiger partial charge in [0.05, 0.1) is 11.2 Å². The number of fused-ring (bicyclic) bond motifs is 1. The van der Waals surface area contributed by atoms with Gasteiger partial charge < -0.3 is 9.47 Å². The minimum absolute atomic E-state index is 0.115. The van der Waals surface area contributed by atoms with Crippen LogP contribution in [0.15, 0.2) is 72.6 Å². The number of halogens is 1. The van der Waals surface area contributed by atoms with Crippen molar-refractivity contribution in [3.63, 3.8) is 0 Å². The van der Waals surface area contributed by atoms with E-state index in [4.69, 9.17) is 23.8 Å². The maximum Gasteiger partial charge on any atom is 0.281 e. The molecule has 0 spiro atoms. The van der Waals surface area contributed by atoms with Crippen LogP contribution in [-0.2, 0) is 17.8 Å². The molecule has 1 saturated heterocycles. The number of thiocarbonyl (C=S) groups is 1. The number of likely N-dealkylation sites (N-methyl/N-ethyl adjacent to an activating group) is 1. The Bertz CT molecular complexity index is 1530. The second-order valence-electron chi connectivity index (χ2n) is 9.29. The topological polar surface area (TPSA) is 28.5 Å². The summed E-state index contributed by atoms with van der Waals surface area (Å²) >= 11 is 11.8. The predicted molar refractivity (Wildman–Crippen MR) is 154 cm³/mol. The Morgan fingerprint density at radius 2 is 1.75 bits per heavy atom. The molecule has 36 heavy (non-hydrogen) atoms. The van der Waals surface area contributed by atoms with E-state index in [0.29, 0.717) is 17.4 Å². The third-order valence-corrected chi connectivity index (χ3v) is 7.67. The van der Waals surface area contributed by atoms with Gasteiger partial charge in [-0.3, -0.25) is 9.69 Å².